The van der Waals surface area contributed by atoms with Crippen LogP contribution in [-0.2, 0) is 24.1 Å². The molecule has 4 rings (SSSR count). The third-order valence-corrected chi connectivity index (χ3v) is 8.42. The van der Waals surface area contributed by atoms with Crippen LogP contribution in [-0.4, -0.2) is 42.8 Å². The summed E-state index contributed by atoms with van der Waals surface area (Å²) >= 11 is 6.24. The Bertz CT molecular complexity index is 1290. The molecule has 3 aromatic rings. The van der Waals surface area contributed by atoms with Crippen LogP contribution in [0.2, 0.25) is 5.02 Å². The summed E-state index contributed by atoms with van der Waals surface area (Å²) in [6, 6.07) is 9.61. The van der Waals surface area contributed by atoms with Gasteiger partial charge in [-0.1, -0.05) is 36.7 Å². The fraction of sp³-hybridized carbons (Fsp3) is 0.440. The van der Waals surface area contributed by atoms with Gasteiger partial charge >= 0.3 is 0 Å². The topological polar surface area (TPSA) is 87.2 Å². The molecule has 7 nitrogen and oxygen atoms in total. The molecule has 0 spiro atoms. The standard InChI is InChI=1S/C25H31ClN4O3S/c1-4-34(33)29-11-9-18(10-12-29)15-30-17(3)23(19-7-5-6-8-22(19)30)25(32)27-14-20-21(26)13-16(2)28-24(20)31/h5-8,13,18H,4,9-12,14-15H2,1-3H3,(H,27,32)(H,28,31). The van der Waals surface area contributed by atoms with Gasteiger partial charge in [0, 0.05) is 47.7 Å². The first-order valence-electron chi connectivity index (χ1n) is 11.7. The molecule has 2 N–H and O–H groups in total. The van der Waals surface area contributed by atoms with Gasteiger partial charge in [-0.15, -0.1) is 0 Å². The molecule has 1 saturated heterocycles. The number of halogens is 1. The van der Waals surface area contributed by atoms with Gasteiger partial charge < -0.3 is 14.9 Å². The molecular weight excluding hydrogens is 472 g/mol. The van der Waals surface area contributed by atoms with Crippen LogP contribution in [0.15, 0.2) is 35.1 Å². The summed E-state index contributed by atoms with van der Waals surface area (Å²) in [5.41, 5.74) is 3.28. The monoisotopic (exact) mass is 502 g/mol. The maximum Gasteiger partial charge on any atom is 0.254 e. The van der Waals surface area contributed by atoms with E-state index in [1.807, 2.05) is 38.1 Å². The van der Waals surface area contributed by atoms with Gasteiger partial charge in [0.25, 0.3) is 11.5 Å². The number of amides is 1. The Kier molecular flexibility index (Phi) is 7.60. The van der Waals surface area contributed by atoms with Crippen LogP contribution in [0, 0.1) is 19.8 Å². The number of pyridine rings is 1. The number of carbonyl (C=O) groups excluding carboxylic acids is 1. The molecule has 1 unspecified atom stereocenters. The Morgan fingerprint density at radius 3 is 2.62 bits per heavy atom. The fourth-order valence-corrected chi connectivity index (χ4v) is 6.09. The highest BCUT2D eigenvalue weighted by molar-refractivity contribution is 7.82. The lowest BCUT2D eigenvalue weighted by atomic mass is 9.98. The molecular formula is C25H31ClN4O3S. The number of fused-ring (bicyclic) bond motifs is 1. The molecule has 34 heavy (non-hydrogen) atoms. The first-order chi connectivity index (χ1) is 16.3. The lowest BCUT2D eigenvalue weighted by Gasteiger charge is -2.31. The smallest absolute Gasteiger partial charge is 0.254 e. The number of nitrogens with one attached hydrogen (secondary N) is 2. The zero-order valence-corrected chi connectivity index (χ0v) is 21.4. The van der Waals surface area contributed by atoms with E-state index in [0.29, 0.717) is 33.5 Å². The summed E-state index contributed by atoms with van der Waals surface area (Å²) < 4.78 is 16.4. The van der Waals surface area contributed by atoms with Gasteiger partial charge in [0.15, 0.2) is 0 Å². The van der Waals surface area contributed by atoms with Crippen molar-refractivity contribution in [3.05, 3.63) is 68.2 Å². The van der Waals surface area contributed by atoms with Crippen molar-refractivity contribution in [3.8, 4) is 0 Å². The van der Waals surface area contributed by atoms with E-state index in [1.165, 1.54) is 0 Å². The van der Waals surface area contributed by atoms with Gasteiger partial charge in [0.05, 0.1) is 33.7 Å². The lowest BCUT2D eigenvalue weighted by Crippen LogP contribution is -2.37. The molecule has 1 aromatic carbocycles. The van der Waals surface area contributed by atoms with Gasteiger partial charge in [0.2, 0.25) is 0 Å². The fourth-order valence-electron chi connectivity index (χ4n) is 4.79. The Labute approximate surface area is 207 Å². The molecule has 2 aromatic heterocycles. The zero-order chi connectivity index (χ0) is 24.4. The number of aromatic amines is 1. The first-order valence-corrected chi connectivity index (χ1v) is 13.3. The van der Waals surface area contributed by atoms with Crippen LogP contribution < -0.4 is 10.9 Å². The summed E-state index contributed by atoms with van der Waals surface area (Å²) in [5.74, 6) is 0.890. The van der Waals surface area contributed by atoms with Crippen molar-refractivity contribution in [3.63, 3.8) is 0 Å². The average molecular weight is 503 g/mol. The van der Waals surface area contributed by atoms with E-state index in [1.54, 1.807) is 13.0 Å². The minimum atomic E-state index is -0.887. The summed E-state index contributed by atoms with van der Waals surface area (Å²) in [6.07, 6.45) is 1.96. The normalized spacial score (nSPS) is 16.1. The number of benzene rings is 1. The number of H-pyrrole nitrogens is 1. The van der Waals surface area contributed by atoms with E-state index in [0.717, 1.165) is 49.1 Å². The molecule has 1 aliphatic heterocycles. The number of carbonyl (C=O) groups is 1. The van der Waals surface area contributed by atoms with E-state index in [9.17, 15) is 13.8 Å². The van der Waals surface area contributed by atoms with Crippen molar-refractivity contribution in [1.29, 1.82) is 0 Å². The van der Waals surface area contributed by atoms with Crippen LogP contribution in [0.3, 0.4) is 0 Å². The average Bonchev–Trinajstić information content (AvgIpc) is 3.09. The van der Waals surface area contributed by atoms with Crippen molar-refractivity contribution >= 4 is 39.4 Å². The number of para-hydroxylation sites is 1. The number of aryl methyl sites for hydroxylation is 1. The van der Waals surface area contributed by atoms with E-state index in [2.05, 4.69) is 19.2 Å². The highest BCUT2D eigenvalue weighted by Crippen LogP contribution is 2.29. The first kappa shape index (κ1) is 24.7. The second-order valence-electron chi connectivity index (χ2n) is 8.86. The van der Waals surface area contributed by atoms with Gasteiger partial charge in [-0.25, -0.2) is 8.51 Å². The van der Waals surface area contributed by atoms with Crippen molar-refractivity contribution in [2.24, 2.45) is 5.92 Å². The van der Waals surface area contributed by atoms with Crippen LogP contribution in [0.5, 0.6) is 0 Å². The van der Waals surface area contributed by atoms with Crippen molar-refractivity contribution in [1.82, 2.24) is 19.2 Å². The van der Waals surface area contributed by atoms with Gasteiger partial charge in [-0.2, -0.15) is 0 Å². The molecule has 0 saturated carbocycles. The molecule has 1 fully saturated rings. The van der Waals surface area contributed by atoms with Crippen LogP contribution in [0.1, 0.15) is 47.1 Å². The van der Waals surface area contributed by atoms with Crippen molar-refractivity contribution in [2.75, 3.05) is 18.8 Å². The molecule has 3 heterocycles. The molecule has 0 bridgehead atoms. The molecule has 1 atom stereocenters. The van der Waals surface area contributed by atoms with Crippen LogP contribution in [0.25, 0.3) is 10.9 Å². The van der Waals surface area contributed by atoms with Crippen LogP contribution >= 0.6 is 11.6 Å². The van der Waals surface area contributed by atoms with E-state index in [4.69, 9.17) is 11.6 Å². The minimum Gasteiger partial charge on any atom is -0.348 e. The summed E-state index contributed by atoms with van der Waals surface area (Å²) in [7, 11) is -0.887. The molecule has 0 aliphatic carbocycles. The highest BCUT2D eigenvalue weighted by Gasteiger charge is 2.25. The quantitative estimate of drug-likeness (QED) is 0.513. The molecule has 182 valence electrons. The predicted molar refractivity (Wildman–Crippen MR) is 138 cm³/mol. The zero-order valence-electron chi connectivity index (χ0n) is 19.8. The largest absolute Gasteiger partial charge is 0.348 e. The van der Waals surface area contributed by atoms with Crippen LogP contribution in [0.4, 0.5) is 0 Å². The second-order valence-corrected chi connectivity index (χ2v) is 11.0. The van der Waals surface area contributed by atoms with E-state index < -0.39 is 11.0 Å². The third kappa shape index (κ3) is 4.99. The summed E-state index contributed by atoms with van der Waals surface area (Å²) in [5, 5.41) is 4.13. The van der Waals surface area contributed by atoms with Gasteiger partial charge in [-0.05, 0) is 44.7 Å². The Hall–Kier alpha value is -2.42. The summed E-state index contributed by atoms with van der Waals surface area (Å²) in [6.45, 7) is 8.23. The van der Waals surface area contributed by atoms with Gasteiger partial charge in [-0.3, -0.25) is 9.59 Å². The lowest BCUT2D eigenvalue weighted by molar-refractivity contribution is 0.0951. The molecule has 0 radical (unpaired) electrons. The predicted octanol–water partition coefficient (Wildman–Crippen LogP) is 3.93. The van der Waals surface area contributed by atoms with E-state index >= 15 is 0 Å². The number of rotatable bonds is 7. The molecule has 1 aliphatic rings. The number of hydrogen-bond donors (Lipinski definition) is 2. The van der Waals surface area contributed by atoms with Gasteiger partial charge in [0.1, 0.15) is 0 Å². The Morgan fingerprint density at radius 1 is 1.24 bits per heavy atom. The van der Waals surface area contributed by atoms with Crippen molar-refractivity contribution in [2.45, 2.75) is 46.7 Å². The third-order valence-electron chi connectivity index (χ3n) is 6.65. The number of nitrogens with zero attached hydrogens (tertiary/aromatic N) is 2. The Morgan fingerprint density at radius 2 is 1.94 bits per heavy atom. The van der Waals surface area contributed by atoms with Crippen molar-refractivity contribution < 1.29 is 9.00 Å². The minimum absolute atomic E-state index is 0.0548. The maximum atomic E-state index is 13.3. The maximum absolute atomic E-state index is 13.3. The highest BCUT2D eigenvalue weighted by atomic mass is 35.5. The summed E-state index contributed by atoms with van der Waals surface area (Å²) in [4.78, 5) is 28.3. The number of aromatic nitrogens is 2. The SMILES string of the molecule is CCS(=O)N1CCC(Cn2c(C)c(C(=O)NCc3c(Cl)cc(C)[nH]c3=O)c3ccccc32)CC1. The second kappa shape index (κ2) is 10.5. The number of hydrogen-bond acceptors (Lipinski definition) is 3. The molecule has 9 heteroatoms. The number of piperidine rings is 1. The Balaban J connectivity index is 1.55. The van der Waals surface area contributed by atoms with E-state index in [-0.39, 0.29) is 18.0 Å². The molecule has 1 amide bonds.